The van der Waals surface area contributed by atoms with E-state index >= 15 is 0 Å². The van der Waals surface area contributed by atoms with Crippen LogP contribution in [0, 0.1) is 0 Å². The van der Waals surface area contributed by atoms with Gasteiger partial charge in [0.15, 0.2) is 6.10 Å². The summed E-state index contributed by atoms with van der Waals surface area (Å²) in [6.45, 7) is 0.814. The van der Waals surface area contributed by atoms with E-state index in [1.807, 2.05) is 0 Å². The minimum Gasteiger partial charge on any atom is -0.479 e. The summed E-state index contributed by atoms with van der Waals surface area (Å²) >= 11 is 0. The number of nitrogens with one attached hydrogen (secondary N) is 1. The highest BCUT2D eigenvalue weighted by Gasteiger charge is 2.30. The molecule has 1 aliphatic carbocycles. The molecule has 1 saturated carbocycles. The van der Waals surface area contributed by atoms with E-state index in [9.17, 15) is 4.79 Å². The highest BCUT2D eigenvalue weighted by Crippen LogP contribution is 2.21. The van der Waals surface area contributed by atoms with Crippen molar-refractivity contribution in [3.63, 3.8) is 0 Å². The SMILES string of the molecule is O=C(O)C1CCC(CNC2CCC2)O1. The zero-order valence-electron chi connectivity index (χ0n) is 8.24. The molecule has 80 valence electrons. The van der Waals surface area contributed by atoms with Crippen LogP contribution >= 0.6 is 0 Å². The quantitative estimate of drug-likeness (QED) is 0.702. The molecule has 2 aliphatic rings. The molecular weight excluding hydrogens is 182 g/mol. The summed E-state index contributed by atoms with van der Waals surface area (Å²) in [5, 5.41) is 12.1. The Morgan fingerprint density at radius 2 is 2.14 bits per heavy atom. The maximum absolute atomic E-state index is 10.6. The van der Waals surface area contributed by atoms with Gasteiger partial charge in [0.1, 0.15) is 0 Å². The van der Waals surface area contributed by atoms with Gasteiger partial charge in [-0.1, -0.05) is 6.42 Å². The molecule has 2 fully saturated rings. The molecule has 0 aromatic carbocycles. The molecule has 1 saturated heterocycles. The van der Waals surface area contributed by atoms with Crippen molar-refractivity contribution >= 4 is 5.97 Å². The van der Waals surface area contributed by atoms with Gasteiger partial charge in [-0.05, 0) is 25.7 Å². The zero-order valence-corrected chi connectivity index (χ0v) is 8.24. The molecule has 0 radical (unpaired) electrons. The highest BCUT2D eigenvalue weighted by atomic mass is 16.5. The van der Waals surface area contributed by atoms with Gasteiger partial charge in [-0.25, -0.2) is 4.79 Å². The first-order valence-electron chi connectivity index (χ1n) is 5.37. The lowest BCUT2D eigenvalue weighted by atomic mass is 9.93. The van der Waals surface area contributed by atoms with Gasteiger partial charge in [0, 0.05) is 12.6 Å². The van der Waals surface area contributed by atoms with Crippen LogP contribution in [-0.4, -0.2) is 35.9 Å². The number of hydrogen-bond donors (Lipinski definition) is 2. The maximum Gasteiger partial charge on any atom is 0.332 e. The van der Waals surface area contributed by atoms with Crippen molar-refractivity contribution in [2.75, 3.05) is 6.54 Å². The maximum atomic E-state index is 10.6. The smallest absolute Gasteiger partial charge is 0.332 e. The molecule has 0 aromatic heterocycles. The van der Waals surface area contributed by atoms with Crippen molar-refractivity contribution in [2.45, 2.75) is 50.4 Å². The fourth-order valence-corrected chi connectivity index (χ4v) is 1.95. The molecule has 1 aliphatic heterocycles. The third-order valence-corrected chi connectivity index (χ3v) is 3.12. The van der Waals surface area contributed by atoms with Crippen molar-refractivity contribution in [1.29, 1.82) is 0 Å². The highest BCUT2D eigenvalue weighted by molar-refractivity contribution is 5.72. The van der Waals surface area contributed by atoms with Crippen LogP contribution in [0.5, 0.6) is 0 Å². The Kier molecular flexibility index (Phi) is 3.03. The molecule has 1 heterocycles. The third kappa shape index (κ3) is 2.25. The normalized spacial score (nSPS) is 32.9. The molecule has 2 unspecified atom stereocenters. The van der Waals surface area contributed by atoms with E-state index < -0.39 is 12.1 Å². The van der Waals surface area contributed by atoms with Crippen molar-refractivity contribution < 1.29 is 14.6 Å². The fourth-order valence-electron chi connectivity index (χ4n) is 1.95. The molecular formula is C10H17NO3. The monoisotopic (exact) mass is 199 g/mol. The Balaban J connectivity index is 1.65. The van der Waals surface area contributed by atoms with Gasteiger partial charge in [-0.3, -0.25) is 0 Å². The van der Waals surface area contributed by atoms with Crippen LogP contribution in [0.1, 0.15) is 32.1 Å². The second-order valence-corrected chi connectivity index (χ2v) is 4.20. The Hall–Kier alpha value is -0.610. The summed E-state index contributed by atoms with van der Waals surface area (Å²) in [6, 6.07) is 0.655. The van der Waals surface area contributed by atoms with Crippen LogP contribution in [0.2, 0.25) is 0 Å². The number of carboxylic acid groups (broad SMARTS) is 1. The zero-order chi connectivity index (χ0) is 9.97. The molecule has 2 atom stereocenters. The molecule has 14 heavy (non-hydrogen) atoms. The average molecular weight is 199 g/mol. The summed E-state index contributed by atoms with van der Waals surface area (Å²) in [4.78, 5) is 10.6. The largest absolute Gasteiger partial charge is 0.479 e. The third-order valence-electron chi connectivity index (χ3n) is 3.12. The fraction of sp³-hybridized carbons (Fsp3) is 0.900. The minimum atomic E-state index is -0.823. The first-order chi connectivity index (χ1) is 6.75. The molecule has 0 bridgehead atoms. The molecule has 4 nitrogen and oxygen atoms in total. The van der Waals surface area contributed by atoms with Crippen LogP contribution in [0.25, 0.3) is 0 Å². The lowest BCUT2D eigenvalue weighted by Crippen LogP contribution is -2.40. The van der Waals surface area contributed by atoms with E-state index in [0.717, 1.165) is 13.0 Å². The van der Waals surface area contributed by atoms with Gasteiger partial charge < -0.3 is 15.2 Å². The molecule has 0 amide bonds. The number of rotatable bonds is 4. The van der Waals surface area contributed by atoms with Crippen LogP contribution in [-0.2, 0) is 9.53 Å². The van der Waals surface area contributed by atoms with Crippen LogP contribution in [0.15, 0.2) is 0 Å². The van der Waals surface area contributed by atoms with Gasteiger partial charge in [-0.2, -0.15) is 0 Å². The Morgan fingerprint density at radius 1 is 1.36 bits per heavy atom. The first kappa shape index (κ1) is 9.93. The van der Waals surface area contributed by atoms with Crippen molar-refractivity contribution in [1.82, 2.24) is 5.32 Å². The van der Waals surface area contributed by atoms with Gasteiger partial charge in [-0.15, -0.1) is 0 Å². The Labute approximate surface area is 83.6 Å². The second-order valence-electron chi connectivity index (χ2n) is 4.20. The van der Waals surface area contributed by atoms with Gasteiger partial charge >= 0.3 is 5.97 Å². The molecule has 0 aromatic rings. The van der Waals surface area contributed by atoms with E-state index in [1.165, 1.54) is 19.3 Å². The van der Waals surface area contributed by atoms with Crippen LogP contribution in [0.3, 0.4) is 0 Å². The summed E-state index contributed by atoms with van der Waals surface area (Å²) < 4.78 is 5.38. The van der Waals surface area contributed by atoms with Crippen molar-refractivity contribution in [2.24, 2.45) is 0 Å². The lowest BCUT2D eigenvalue weighted by molar-refractivity contribution is -0.149. The van der Waals surface area contributed by atoms with E-state index in [4.69, 9.17) is 9.84 Å². The molecule has 0 spiro atoms. The van der Waals surface area contributed by atoms with Gasteiger partial charge in [0.2, 0.25) is 0 Å². The van der Waals surface area contributed by atoms with E-state index in [2.05, 4.69) is 5.32 Å². The standard InChI is InChI=1S/C10H17NO3/c12-10(13)9-5-4-8(14-9)6-11-7-2-1-3-7/h7-9,11H,1-6H2,(H,12,13). The number of hydrogen-bond acceptors (Lipinski definition) is 3. The summed E-state index contributed by atoms with van der Waals surface area (Å²) in [5.41, 5.74) is 0. The predicted molar refractivity (Wildman–Crippen MR) is 51.2 cm³/mol. The number of ether oxygens (including phenoxy) is 1. The Bertz CT molecular complexity index is 215. The summed E-state index contributed by atoms with van der Waals surface area (Å²) in [6.07, 6.45) is 4.91. The van der Waals surface area contributed by atoms with E-state index in [-0.39, 0.29) is 6.10 Å². The van der Waals surface area contributed by atoms with Crippen molar-refractivity contribution in [3.8, 4) is 0 Å². The van der Waals surface area contributed by atoms with Crippen molar-refractivity contribution in [3.05, 3.63) is 0 Å². The number of carbonyl (C=O) groups is 1. The summed E-state index contributed by atoms with van der Waals surface area (Å²) in [5.74, 6) is -0.823. The predicted octanol–water partition coefficient (Wildman–Crippen LogP) is 0.761. The van der Waals surface area contributed by atoms with Gasteiger partial charge in [0.05, 0.1) is 6.10 Å². The minimum absolute atomic E-state index is 0.108. The molecule has 2 N–H and O–H groups in total. The molecule has 4 heteroatoms. The molecule has 2 rings (SSSR count). The van der Waals surface area contributed by atoms with Crippen LogP contribution in [0.4, 0.5) is 0 Å². The average Bonchev–Trinajstić information content (AvgIpc) is 2.50. The van der Waals surface area contributed by atoms with Crippen LogP contribution < -0.4 is 5.32 Å². The first-order valence-corrected chi connectivity index (χ1v) is 5.37. The summed E-state index contributed by atoms with van der Waals surface area (Å²) in [7, 11) is 0. The topological polar surface area (TPSA) is 58.6 Å². The van der Waals surface area contributed by atoms with E-state index in [1.54, 1.807) is 0 Å². The van der Waals surface area contributed by atoms with E-state index in [0.29, 0.717) is 12.5 Å². The number of aliphatic carboxylic acids is 1. The Morgan fingerprint density at radius 3 is 2.64 bits per heavy atom. The second kappa shape index (κ2) is 4.28. The lowest BCUT2D eigenvalue weighted by Gasteiger charge is -2.27. The van der Waals surface area contributed by atoms with Gasteiger partial charge in [0.25, 0.3) is 0 Å². The number of carboxylic acids is 1.